The van der Waals surface area contributed by atoms with Gasteiger partial charge in [0.15, 0.2) is 0 Å². The van der Waals surface area contributed by atoms with E-state index < -0.39 is 23.7 Å². The summed E-state index contributed by atoms with van der Waals surface area (Å²) in [4.78, 5) is 22.6. The normalized spacial score (nSPS) is 20.7. The van der Waals surface area contributed by atoms with Crippen molar-refractivity contribution >= 4 is 17.7 Å². The second-order valence-electron chi connectivity index (χ2n) is 4.70. The third-order valence-electron chi connectivity index (χ3n) is 3.18. The lowest BCUT2D eigenvalue weighted by molar-refractivity contribution is -0.140. The first-order valence-electron chi connectivity index (χ1n) is 6.21. The van der Waals surface area contributed by atoms with Crippen LogP contribution in [0.4, 0.5) is 14.9 Å². The van der Waals surface area contributed by atoms with Crippen molar-refractivity contribution in [3.8, 4) is 0 Å². The smallest absolute Gasteiger partial charge is 0.319 e. The fourth-order valence-electron chi connectivity index (χ4n) is 2.10. The lowest BCUT2D eigenvalue weighted by Gasteiger charge is -2.14. The van der Waals surface area contributed by atoms with Gasteiger partial charge in [-0.05, 0) is 25.0 Å². The number of carbonyl (C=O) groups excluding carboxylic acids is 1. The third kappa shape index (κ3) is 3.14. The molecule has 0 aromatic heterocycles. The van der Waals surface area contributed by atoms with Gasteiger partial charge in [0.25, 0.3) is 0 Å². The third-order valence-corrected chi connectivity index (χ3v) is 3.18. The van der Waals surface area contributed by atoms with Crippen LogP contribution >= 0.6 is 0 Å². The Kier molecular flexibility index (Phi) is 4.02. The molecule has 0 aliphatic heterocycles. The molecule has 0 saturated carbocycles. The fourth-order valence-corrected chi connectivity index (χ4v) is 2.10. The Balaban J connectivity index is 1.94. The van der Waals surface area contributed by atoms with Gasteiger partial charge in [-0.15, -0.1) is 0 Å². The van der Waals surface area contributed by atoms with Crippen molar-refractivity contribution in [3.05, 3.63) is 41.7 Å². The number of amides is 2. The van der Waals surface area contributed by atoms with E-state index in [1.165, 1.54) is 6.07 Å². The number of aryl methyl sites for hydroxylation is 1. The number of aliphatic carboxylic acids is 1. The molecule has 1 aromatic rings. The zero-order chi connectivity index (χ0) is 14.7. The number of nitrogens with one attached hydrogen (secondary N) is 2. The number of hydrogen-bond acceptors (Lipinski definition) is 2. The number of carboxylic acids is 1. The average Bonchev–Trinajstić information content (AvgIpc) is 2.82. The molecule has 2 amide bonds. The highest BCUT2D eigenvalue weighted by Gasteiger charge is 2.25. The number of halogens is 1. The molecule has 6 heteroatoms. The zero-order valence-electron chi connectivity index (χ0n) is 10.9. The summed E-state index contributed by atoms with van der Waals surface area (Å²) in [6.45, 7) is 1.69. The molecule has 0 spiro atoms. The Morgan fingerprint density at radius 2 is 2.10 bits per heavy atom. The van der Waals surface area contributed by atoms with Crippen molar-refractivity contribution < 1.29 is 19.1 Å². The molecule has 2 unspecified atom stereocenters. The van der Waals surface area contributed by atoms with Crippen molar-refractivity contribution in [2.24, 2.45) is 5.92 Å². The quantitative estimate of drug-likeness (QED) is 0.742. The van der Waals surface area contributed by atoms with E-state index in [9.17, 15) is 14.0 Å². The topological polar surface area (TPSA) is 78.4 Å². The first-order chi connectivity index (χ1) is 9.47. The van der Waals surface area contributed by atoms with E-state index in [0.29, 0.717) is 12.0 Å². The van der Waals surface area contributed by atoms with Crippen LogP contribution in [0.5, 0.6) is 0 Å². The molecule has 20 heavy (non-hydrogen) atoms. The highest BCUT2D eigenvalue weighted by atomic mass is 19.1. The molecule has 0 fully saturated rings. The highest BCUT2D eigenvalue weighted by Crippen LogP contribution is 2.20. The predicted octanol–water partition coefficient (Wildman–Crippen LogP) is 2.28. The number of urea groups is 1. The Labute approximate surface area is 115 Å². The molecular weight excluding hydrogens is 263 g/mol. The van der Waals surface area contributed by atoms with Crippen LogP contribution in [0, 0.1) is 18.7 Å². The van der Waals surface area contributed by atoms with E-state index in [1.54, 1.807) is 31.2 Å². The molecule has 1 aromatic carbocycles. The molecule has 0 heterocycles. The van der Waals surface area contributed by atoms with Gasteiger partial charge in [-0.25, -0.2) is 9.18 Å². The molecule has 2 atom stereocenters. The summed E-state index contributed by atoms with van der Waals surface area (Å²) < 4.78 is 13.6. The number of carboxylic acid groups (broad SMARTS) is 1. The first-order valence-corrected chi connectivity index (χ1v) is 6.21. The van der Waals surface area contributed by atoms with Gasteiger partial charge in [0.2, 0.25) is 0 Å². The van der Waals surface area contributed by atoms with E-state index in [0.717, 1.165) is 0 Å². The van der Waals surface area contributed by atoms with Crippen LogP contribution in [-0.4, -0.2) is 23.1 Å². The Bertz CT molecular complexity index is 551. The monoisotopic (exact) mass is 278 g/mol. The number of carbonyl (C=O) groups is 2. The van der Waals surface area contributed by atoms with E-state index >= 15 is 0 Å². The summed E-state index contributed by atoms with van der Waals surface area (Å²) in [5, 5.41) is 13.9. The standard InChI is InChI=1S/C14H15FN2O3/c1-8-3-2-4-11(15)12(8)17-14(20)16-10-6-5-9(7-10)13(18)19/h2-6,9-10H,7H2,1H3,(H,18,19)(H2,16,17,20). The van der Waals surface area contributed by atoms with Crippen LogP contribution in [0.3, 0.4) is 0 Å². The zero-order valence-corrected chi connectivity index (χ0v) is 10.9. The summed E-state index contributed by atoms with van der Waals surface area (Å²) in [5.41, 5.74) is 0.743. The van der Waals surface area contributed by atoms with Gasteiger partial charge in [0.05, 0.1) is 17.6 Å². The maximum atomic E-state index is 13.6. The van der Waals surface area contributed by atoms with Gasteiger partial charge in [-0.3, -0.25) is 4.79 Å². The van der Waals surface area contributed by atoms with Crippen LogP contribution in [0.15, 0.2) is 30.4 Å². The van der Waals surface area contributed by atoms with Crippen molar-refractivity contribution in [1.29, 1.82) is 0 Å². The van der Waals surface area contributed by atoms with Gasteiger partial charge in [-0.2, -0.15) is 0 Å². The number of benzene rings is 1. The van der Waals surface area contributed by atoms with E-state index in [-0.39, 0.29) is 11.7 Å². The molecule has 1 aliphatic carbocycles. The van der Waals surface area contributed by atoms with Crippen LogP contribution in [0.2, 0.25) is 0 Å². The largest absolute Gasteiger partial charge is 0.481 e. The van der Waals surface area contributed by atoms with Crippen LogP contribution < -0.4 is 10.6 Å². The first kappa shape index (κ1) is 14.0. The van der Waals surface area contributed by atoms with Crippen LogP contribution in [0.25, 0.3) is 0 Å². The summed E-state index contributed by atoms with van der Waals surface area (Å²) in [7, 11) is 0. The summed E-state index contributed by atoms with van der Waals surface area (Å²) in [6.07, 6.45) is 3.48. The second kappa shape index (κ2) is 5.73. The lowest BCUT2D eigenvalue weighted by atomic mass is 10.1. The SMILES string of the molecule is Cc1cccc(F)c1NC(=O)NC1C=CC(C(=O)O)C1. The number of rotatable bonds is 3. The average molecular weight is 278 g/mol. The van der Waals surface area contributed by atoms with E-state index in [1.807, 2.05) is 0 Å². The van der Waals surface area contributed by atoms with Gasteiger partial charge >= 0.3 is 12.0 Å². The van der Waals surface area contributed by atoms with Crippen molar-refractivity contribution in [1.82, 2.24) is 5.32 Å². The van der Waals surface area contributed by atoms with Crippen molar-refractivity contribution in [2.45, 2.75) is 19.4 Å². The maximum absolute atomic E-state index is 13.6. The Hall–Kier alpha value is -2.37. The fraction of sp³-hybridized carbons (Fsp3) is 0.286. The molecular formula is C14H15FN2O3. The maximum Gasteiger partial charge on any atom is 0.319 e. The van der Waals surface area contributed by atoms with Gasteiger partial charge in [0.1, 0.15) is 5.82 Å². The molecule has 5 nitrogen and oxygen atoms in total. The van der Waals surface area contributed by atoms with Gasteiger partial charge in [0, 0.05) is 0 Å². The highest BCUT2D eigenvalue weighted by molar-refractivity contribution is 5.90. The summed E-state index contributed by atoms with van der Waals surface area (Å²) >= 11 is 0. The van der Waals surface area contributed by atoms with Gasteiger partial charge in [-0.1, -0.05) is 24.3 Å². The minimum absolute atomic E-state index is 0.127. The van der Waals surface area contributed by atoms with Gasteiger partial charge < -0.3 is 15.7 Å². The van der Waals surface area contributed by atoms with Crippen molar-refractivity contribution in [2.75, 3.05) is 5.32 Å². The predicted molar refractivity (Wildman–Crippen MR) is 72.0 cm³/mol. The van der Waals surface area contributed by atoms with Crippen LogP contribution in [0.1, 0.15) is 12.0 Å². The molecule has 2 rings (SSSR count). The number of anilines is 1. The van der Waals surface area contributed by atoms with Crippen molar-refractivity contribution in [3.63, 3.8) is 0 Å². The molecule has 1 aliphatic rings. The van der Waals surface area contributed by atoms with E-state index in [4.69, 9.17) is 5.11 Å². The number of para-hydroxylation sites is 1. The molecule has 106 valence electrons. The molecule has 0 radical (unpaired) electrons. The summed E-state index contributed by atoms with van der Waals surface area (Å²) in [5.74, 6) is -2.02. The molecule has 3 N–H and O–H groups in total. The van der Waals surface area contributed by atoms with Crippen LogP contribution in [-0.2, 0) is 4.79 Å². The molecule has 0 saturated heterocycles. The second-order valence-corrected chi connectivity index (χ2v) is 4.70. The number of hydrogen-bond donors (Lipinski definition) is 3. The Morgan fingerprint density at radius 1 is 1.35 bits per heavy atom. The Morgan fingerprint density at radius 3 is 2.70 bits per heavy atom. The summed E-state index contributed by atoms with van der Waals surface area (Å²) in [6, 6.07) is 3.60. The minimum Gasteiger partial charge on any atom is -0.481 e. The lowest BCUT2D eigenvalue weighted by Crippen LogP contribution is -2.37. The molecule has 0 bridgehead atoms. The minimum atomic E-state index is -0.920. The van der Waals surface area contributed by atoms with E-state index in [2.05, 4.69) is 10.6 Å².